The van der Waals surface area contributed by atoms with Crippen LogP contribution in [0.5, 0.6) is 0 Å². The molecule has 0 spiro atoms. The summed E-state index contributed by atoms with van der Waals surface area (Å²) in [4.78, 5) is 2.33. The van der Waals surface area contributed by atoms with Crippen LogP contribution in [0.4, 0.5) is 0 Å². The first-order valence-electron chi connectivity index (χ1n) is 5.58. The fraction of sp³-hybridized carbons (Fsp3) is 0.538. The summed E-state index contributed by atoms with van der Waals surface area (Å²) in [6.45, 7) is 6.92. The maximum Gasteiger partial charge on any atom is 0.0765 e. The van der Waals surface area contributed by atoms with E-state index in [1.54, 1.807) is 0 Å². The molecule has 1 aliphatic rings. The van der Waals surface area contributed by atoms with Crippen LogP contribution < -0.4 is 0 Å². The van der Waals surface area contributed by atoms with E-state index in [-0.39, 0.29) is 6.04 Å². The summed E-state index contributed by atoms with van der Waals surface area (Å²) in [6.07, 6.45) is 0. The summed E-state index contributed by atoms with van der Waals surface area (Å²) in [5, 5.41) is 10.0. The molecule has 2 rings (SSSR count). The lowest BCUT2D eigenvalue weighted by Crippen LogP contribution is -2.29. The van der Waals surface area contributed by atoms with Crippen LogP contribution in [0.3, 0.4) is 0 Å². The van der Waals surface area contributed by atoms with E-state index in [2.05, 4.69) is 36.1 Å². The van der Waals surface area contributed by atoms with E-state index in [1.807, 2.05) is 19.9 Å². The Morgan fingerprint density at radius 1 is 1.27 bits per heavy atom. The minimum atomic E-state index is -0.615. The third-order valence-corrected chi connectivity index (χ3v) is 3.15. The second-order valence-electron chi connectivity index (χ2n) is 4.78. The summed E-state index contributed by atoms with van der Waals surface area (Å²) >= 11 is 0. The maximum absolute atomic E-state index is 10.0. The van der Waals surface area contributed by atoms with E-state index in [1.165, 1.54) is 5.56 Å². The Morgan fingerprint density at radius 3 is 2.27 bits per heavy atom. The maximum atomic E-state index is 10.0. The topological polar surface area (TPSA) is 23.2 Å². The molecule has 1 unspecified atom stereocenters. The largest absolute Gasteiger partial charge is 0.389 e. The molecule has 1 saturated heterocycles. The van der Waals surface area contributed by atoms with Gasteiger partial charge in [0, 0.05) is 0 Å². The summed E-state index contributed by atoms with van der Waals surface area (Å²) in [5.74, 6) is 0. The van der Waals surface area contributed by atoms with Gasteiger partial charge in [-0.1, -0.05) is 37.3 Å². The lowest BCUT2D eigenvalue weighted by molar-refractivity contribution is 0.0644. The van der Waals surface area contributed by atoms with E-state index < -0.39 is 5.60 Å². The minimum absolute atomic E-state index is 0.268. The Hall–Kier alpha value is -0.860. The highest BCUT2D eigenvalue weighted by Gasteiger charge is 2.54. The van der Waals surface area contributed by atoms with Gasteiger partial charge in [-0.05, 0) is 26.0 Å². The molecule has 0 aliphatic carbocycles. The third kappa shape index (κ3) is 1.92. The fourth-order valence-electron chi connectivity index (χ4n) is 2.49. The van der Waals surface area contributed by atoms with Gasteiger partial charge in [0.05, 0.1) is 17.7 Å². The second kappa shape index (κ2) is 3.62. The van der Waals surface area contributed by atoms with Crippen molar-refractivity contribution in [1.82, 2.24) is 4.90 Å². The molecule has 1 aromatic rings. The van der Waals surface area contributed by atoms with Gasteiger partial charge in [0.15, 0.2) is 0 Å². The van der Waals surface area contributed by atoms with Gasteiger partial charge < -0.3 is 5.11 Å². The Bertz CT molecular complexity index is 328. The van der Waals surface area contributed by atoms with E-state index >= 15 is 0 Å². The van der Waals surface area contributed by atoms with Crippen molar-refractivity contribution in [3.8, 4) is 0 Å². The van der Waals surface area contributed by atoms with E-state index in [0.717, 1.165) is 6.54 Å². The summed E-state index contributed by atoms with van der Waals surface area (Å²) in [5.41, 5.74) is 0.697. The summed E-state index contributed by atoms with van der Waals surface area (Å²) in [7, 11) is 0. The molecule has 1 heterocycles. The molecule has 0 amide bonds. The van der Waals surface area contributed by atoms with Gasteiger partial charge in [0.25, 0.3) is 0 Å². The molecule has 3 atom stereocenters. The molecule has 1 N–H and O–H groups in total. The first kappa shape index (κ1) is 10.7. The van der Waals surface area contributed by atoms with Gasteiger partial charge in [0.1, 0.15) is 0 Å². The number of aliphatic hydroxyl groups is 1. The van der Waals surface area contributed by atoms with E-state index in [0.29, 0.717) is 6.04 Å². The van der Waals surface area contributed by atoms with Crippen molar-refractivity contribution in [3.63, 3.8) is 0 Å². The van der Waals surface area contributed by atoms with Gasteiger partial charge in [0.2, 0.25) is 0 Å². The molecule has 0 bridgehead atoms. The van der Waals surface area contributed by atoms with E-state index in [4.69, 9.17) is 0 Å². The van der Waals surface area contributed by atoms with Crippen molar-refractivity contribution < 1.29 is 5.11 Å². The molecule has 0 saturated carbocycles. The first-order valence-corrected chi connectivity index (χ1v) is 5.58. The average Bonchev–Trinajstić information content (AvgIpc) is 2.92. The van der Waals surface area contributed by atoms with Gasteiger partial charge in [-0.25, -0.2) is 0 Å². The van der Waals surface area contributed by atoms with Crippen LogP contribution in [0.2, 0.25) is 0 Å². The zero-order valence-corrected chi connectivity index (χ0v) is 9.64. The lowest BCUT2D eigenvalue weighted by Gasteiger charge is -2.16. The molecule has 2 nitrogen and oxygen atoms in total. The van der Waals surface area contributed by atoms with Crippen LogP contribution in [0.15, 0.2) is 30.3 Å². The van der Waals surface area contributed by atoms with Crippen LogP contribution in [0.25, 0.3) is 0 Å². The normalized spacial score (nSPS) is 30.3. The molecule has 0 radical (unpaired) electrons. The highest BCUT2D eigenvalue weighted by Crippen LogP contribution is 2.47. The molecule has 0 aromatic heterocycles. The lowest BCUT2D eigenvalue weighted by atomic mass is 9.99. The van der Waals surface area contributed by atoms with Crippen molar-refractivity contribution in [3.05, 3.63) is 35.9 Å². The highest BCUT2D eigenvalue weighted by atomic mass is 16.3. The molecule has 2 heteroatoms. The van der Waals surface area contributed by atoms with Crippen LogP contribution in [-0.2, 0) is 0 Å². The van der Waals surface area contributed by atoms with Gasteiger partial charge in [-0.15, -0.1) is 0 Å². The number of hydrogen-bond acceptors (Lipinski definition) is 2. The van der Waals surface area contributed by atoms with Crippen molar-refractivity contribution in [2.24, 2.45) is 0 Å². The van der Waals surface area contributed by atoms with Crippen molar-refractivity contribution in [2.45, 2.75) is 38.5 Å². The van der Waals surface area contributed by atoms with Crippen molar-refractivity contribution >= 4 is 0 Å². The summed E-state index contributed by atoms with van der Waals surface area (Å²) < 4.78 is 0. The quantitative estimate of drug-likeness (QED) is 0.765. The molecular weight excluding hydrogens is 186 g/mol. The highest BCUT2D eigenvalue weighted by molar-refractivity contribution is 5.29. The predicted molar refractivity (Wildman–Crippen MR) is 61.6 cm³/mol. The monoisotopic (exact) mass is 205 g/mol. The van der Waals surface area contributed by atoms with E-state index in [9.17, 15) is 5.11 Å². The number of nitrogens with zero attached hydrogens (tertiary/aromatic N) is 1. The Kier molecular flexibility index (Phi) is 2.57. The fourth-order valence-corrected chi connectivity index (χ4v) is 2.49. The Labute approximate surface area is 91.5 Å². The first-order chi connectivity index (χ1) is 7.05. The van der Waals surface area contributed by atoms with Crippen LogP contribution in [-0.4, -0.2) is 28.2 Å². The van der Waals surface area contributed by atoms with Crippen LogP contribution >= 0.6 is 0 Å². The SMILES string of the molecule is CCN1[C@H](C(C)(C)O)[C@@H]1c1ccccc1. The molecule has 82 valence electrons. The third-order valence-electron chi connectivity index (χ3n) is 3.15. The van der Waals surface area contributed by atoms with Gasteiger partial charge in [-0.2, -0.15) is 0 Å². The van der Waals surface area contributed by atoms with Crippen LogP contribution in [0.1, 0.15) is 32.4 Å². The van der Waals surface area contributed by atoms with Crippen molar-refractivity contribution in [1.29, 1.82) is 0 Å². The average molecular weight is 205 g/mol. The number of rotatable bonds is 3. The molecular formula is C13H19NO. The number of hydrogen-bond donors (Lipinski definition) is 1. The Balaban J connectivity index is 2.19. The minimum Gasteiger partial charge on any atom is -0.389 e. The summed E-state index contributed by atoms with van der Waals surface area (Å²) in [6, 6.07) is 11.1. The Morgan fingerprint density at radius 2 is 1.87 bits per heavy atom. The zero-order chi connectivity index (χ0) is 11.1. The zero-order valence-electron chi connectivity index (χ0n) is 9.64. The smallest absolute Gasteiger partial charge is 0.0765 e. The standard InChI is InChI=1S/C13H19NO/c1-4-14-11(12(14)13(2,3)15)10-8-6-5-7-9-10/h5-9,11-12,15H,4H2,1-3H3/t11-,12-,14?/m0/s1. The van der Waals surface area contributed by atoms with Gasteiger partial charge in [-0.3, -0.25) is 4.90 Å². The molecule has 15 heavy (non-hydrogen) atoms. The predicted octanol–water partition coefficient (Wildman–Crippen LogP) is 2.20. The van der Waals surface area contributed by atoms with Gasteiger partial charge >= 0.3 is 0 Å². The molecule has 1 fully saturated rings. The molecule has 1 aliphatic heterocycles. The number of likely N-dealkylation sites (N-methyl/N-ethyl adjacent to an activating group) is 1. The van der Waals surface area contributed by atoms with Crippen LogP contribution in [0, 0.1) is 0 Å². The van der Waals surface area contributed by atoms with Crippen molar-refractivity contribution in [2.75, 3.05) is 6.54 Å². The molecule has 1 aromatic carbocycles. The number of benzene rings is 1. The second-order valence-corrected chi connectivity index (χ2v) is 4.78.